The van der Waals surface area contributed by atoms with Crippen LogP contribution in [0.5, 0.6) is 11.5 Å². The van der Waals surface area contributed by atoms with E-state index in [1.165, 1.54) is 6.07 Å². The Labute approximate surface area is 123 Å². The molecule has 108 valence electrons. The minimum Gasteiger partial charge on any atom is -0.497 e. The first-order chi connectivity index (χ1) is 10.2. The van der Waals surface area contributed by atoms with Crippen LogP contribution in [-0.2, 0) is 6.61 Å². The number of halogens is 1. The van der Waals surface area contributed by atoms with Crippen molar-refractivity contribution >= 4 is 0 Å². The maximum Gasteiger partial charge on any atom is 0.131 e. The van der Waals surface area contributed by atoms with Crippen molar-refractivity contribution in [2.45, 2.75) is 6.61 Å². The van der Waals surface area contributed by atoms with Gasteiger partial charge in [-0.15, -0.1) is 0 Å². The molecule has 0 unspecified atom stereocenters. The summed E-state index contributed by atoms with van der Waals surface area (Å²) in [6, 6.07) is 12.0. The molecule has 0 radical (unpaired) electrons. The normalized spacial score (nSPS) is 9.67. The highest BCUT2D eigenvalue weighted by Crippen LogP contribution is 2.20. The van der Waals surface area contributed by atoms with Crippen LogP contribution >= 0.6 is 0 Å². The Hall–Kier alpha value is -2.51. The van der Waals surface area contributed by atoms with Crippen molar-refractivity contribution in [3.05, 3.63) is 59.4 Å². The van der Waals surface area contributed by atoms with Gasteiger partial charge in [0.15, 0.2) is 0 Å². The van der Waals surface area contributed by atoms with E-state index in [4.69, 9.17) is 15.2 Å². The van der Waals surface area contributed by atoms with Crippen molar-refractivity contribution in [3.63, 3.8) is 0 Å². The van der Waals surface area contributed by atoms with Gasteiger partial charge in [0.1, 0.15) is 23.9 Å². The van der Waals surface area contributed by atoms with Crippen LogP contribution in [-0.4, -0.2) is 13.7 Å². The van der Waals surface area contributed by atoms with Gasteiger partial charge in [0.05, 0.1) is 13.7 Å². The van der Waals surface area contributed by atoms with E-state index >= 15 is 0 Å². The molecule has 2 rings (SSSR count). The largest absolute Gasteiger partial charge is 0.497 e. The Morgan fingerprint density at radius 3 is 2.67 bits per heavy atom. The molecule has 4 heteroatoms. The fourth-order valence-corrected chi connectivity index (χ4v) is 1.75. The molecule has 0 aromatic heterocycles. The Kier molecular flexibility index (Phi) is 5.19. The molecule has 2 aromatic carbocycles. The van der Waals surface area contributed by atoms with Gasteiger partial charge in [0, 0.05) is 17.2 Å². The second kappa shape index (κ2) is 7.32. The minimum absolute atomic E-state index is 0.142. The van der Waals surface area contributed by atoms with E-state index in [0.29, 0.717) is 22.6 Å². The molecule has 0 amide bonds. The van der Waals surface area contributed by atoms with Crippen LogP contribution in [0.2, 0.25) is 0 Å². The summed E-state index contributed by atoms with van der Waals surface area (Å²) in [7, 11) is 1.58. The summed E-state index contributed by atoms with van der Waals surface area (Å²) in [4.78, 5) is 0. The van der Waals surface area contributed by atoms with Crippen LogP contribution in [0.25, 0.3) is 0 Å². The second-order valence-electron chi connectivity index (χ2n) is 4.28. The van der Waals surface area contributed by atoms with E-state index in [1.807, 2.05) is 12.1 Å². The fourth-order valence-electron chi connectivity index (χ4n) is 1.75. The molecule has 21 heavy (non-hydrogen) atoms. The lowest BCUT2D eigenvalue weighted by atomic mass is 10.1. The smallest absolute Gasteiger partial charge is 0.131 e. The molecule has 0 heterocycles. The molecule has 2 aromatic rings. The topological polar surface area (TPSA) is 44.5 Å². The lowest BCUT2D eigenvalue weighted by Crippen LogP contribution is -1.99. The number of methoxy groups -OCH3 is 1. The monoisotopic (exact) mass is 285 g/mol. The van der Waals surface area contributed by atoms with Crippen LogP contribution in [0.4, 0.5) is 4.39 Å². The van der Waals surface area contributed by atoms with E-state index in [2.05, 4.69) is 11.8 Å². The van der Waals surface area contributed by atoms with Crippen LogP contribution in [0.15, 0.2) is 42.5 Å². The predicted octanol–water partition coefficient (Wildman–Crippen LogP) is 2.72. The lowest BCUT2D eigenvalue weighted by Gasteiger charge is -2.08. The van der Waals surface area contributed by atoms with E-state index in [1.54, 1.807) is 31.4 Å². The maximum atomic E-state index is 13.9. The first kappa shape index (κ1) is 14.9. The van der Waals surface area contributed by atoms with E-state index in [-0.39, 0.29) is 19.0 Å². The molecule has 0 fully saturated rings. The number of hydrogen-bond acceptors (Lipinski definition) is 3. The predicted molar refractivity (Wildman–Crippen MR) is 79.7 cm³/mol. The van der Waals surface area contributed by atoms with Crippen molar-refractivity contribution in [2.24, 2.45) is 5.73 Å². The van der Waals surface area contributed by atoms with Crippen molar-refractivity contribution in [2.75, 3.05) is 13.7 Å². The Balaban J connectivity index is 2.06. The number of rotatable bonds is 4. The molecule has 0 aliphatic rings. The van der Waals surface area contributed by atoms with Gasteiger partial charge in [-0.25, -0.2) is 4.39 Å². The van der Waals surface area contributed by atoms with Gasteiger partial charge >= 0.3 is 0 Å². The molecular weight excluding hydrogens is 269 g/mol. The zero-order valence-corrected chi connectivity index (χ0v) is 11.7. The average Bonchev–Trinajstić information content (AvgIpc) is 2.52. The van der Waals surface area contributed by atoms with Gasteiger partial charge in [-0.1, -0.05) is 24.0 Å². The standard InChI is InChI=1S/C17H16FNO2/c1-20-15-5-2-6-16(11-15)21-12-14-8-7-13(4-3-9-19)10-17(14)18/h2,5-8,10-11H,9,12,19H2,1H3. The molecule has 0 saturated carbocycles. The first-order valence-electron chi connectivity index (χ1n) is 6.47. The quantitative estimate of drug-likeness (QED) is 0.878. The molecule has 0 aliphatic carbocycles. The number of hydrogen-bond donors (Lipinski definition) is 1. The number of nitrogens with two attached hydrogens (primary N) is 1. The zero-order valence-electron chi connectivity index (χ0n) is 11.7. The highest BCUT2D eigenvalue weighted by atomic mass is 19.1. The summed E-state index contributed by atoms with van der Waals surface area (Å²) in [5.74, 6) is 6.45. The molecule has 0 atom stereocenters. The van der Waals surface area contributed by atoms with Crippen molar-refractivity contribution in [1.29, 1.82) is 0 Å². The summed E-state index contributed by atoms with van der Waals surface area (Å²) in [5.41, 5.74) is 6.35. The average molecular weight is 285 g/mol. The summed E-state index contributed by atoms with van der Waals surface area (Å²) < 4.78 is 24.6. The first-order valence-corrected chi connectivity index (χ1v) is 6.47. The Bertz CT molecular complexity index is 674. The van der Waals surface area contributed by atoms with Crippen LogP contribution < -0.4 is 15.2 Å². The molecule has 0 saturated heterocycles. The van der Waals surface area contributed by atoms with Gasteiger partial charge in [-0.3, -0.25) is 0 Å². The molecule has 0 spiro atoms. The van der Waals surface area contributed by atoms with Crippen molar-refractivity contribution in [1.82, 2.24) is 0 Å². The minimum atomic E-state index is -0.346. The third-order valence-corrected chi connectivity index (χ3v) is 2.82. The Morgan fingerprint density at radius 2 is 1.95 bits per heavy atom. The number of benzene rings is 2. The third kappa shape index (κ3) is 4.23. The third-order valence-electron chi connectivity index (χ3n) is 2.82. The summed E-state index contributed by atoms with van der Waals surface area (Å²) in [6.07, 6.45) is 0. The fraction of sp³-hybridized carbons (Fsp3) is 0.176. The maximum absolute atomic E-state index is 13.9. The van der Waals surface area contributed by atoms with E-state index in [9.17, 15) is 4.39 Å². The van der Waals surface area contributed by atoms with Gasteiger partial charge in [0.25, 0.3) is 0 Å². The molecule has 2 N–H and O–H groups in total. The molecule has 0 bridgehead atoms. The van der Waals surface area contributed by atoms with Gasteiger partial charge in [-0.05, 0) is 24.3 Å². The zero-order chi connectivity index (χ0) is 15.1. The number of ether oxygens (including phenoxy) is 2. The van der Waals surface area contributed by atoms with E-state index in [0.717, 1.165) is 0 Å². The molecule has 0 aliphatic heterocycles. The highest BCUT2D eigenvalue weighted by molar-refractivity contribution is 5.37. The Morgan fingerprint density at radius 1 is 1.14 bits per heavy atom. The van der Waals surface area contributed by atoms with Crippen LogP contribution in [0, 0.1) is 17.7 Å². The van der Waals surface area contributed by atoms with Gasteiger partial charge in [-0.2, -0.15) is 0 Å². The lowest BCUT2D eigenvalue weighted by molar-refractivity contribution is 0.297. The van der Waals surface area contributed by atoms with Gasteiger partial charge < -0.3 is 15.2 Å². The van der Waals surface area contributed by atoms with E-state index < -0.39 is 0 Å². The van der Waals surface area contributed by atoms with Gasteiger partial charge in [0.2, 0.25) is 0 Å². The van der Waals surface area contributed by atoms with Crippen LogP contribution in [0.1, 0.15) is 11.1 Å². The molecular formula is C17H16FNO2. The summed E-state index contributed by atoms with van der Waals surface area (Å²) >= 11 is 0. The SMILES string of the molecule is COc1cccc(OCc2ccc(C#CCN)cc2F)c1. The summed E-state index contributed by atoms with van der Waals surface area (Å²) in [6.45, 7) is 0.395. The second-order valence-corrected chi connectivity index (χ2v) is 4.28. The summed E-state index contributed by atoms with van der Waals surface area (Å²) in [5, 5.41) is 0. The van der Waals surface area contributed by atoms with Crippen molar-refractivity contribution in [3.8, 4) is 23.3 Å². The highest BCUT2D eigenvalue weighted by Gasteiger charge is 2.04. The van der Waals surface area contributed by atoms with Crippen molar-refractivity contribution < 1.29 is 13.9 Å². The molecule has 3 nitrogen and oxygen atoms in total. The van der Waals surface area contributed by atoms with Crippen LogP contribution in [0.3, 0.4) is 0 Å².